The van der Waals surface area contributed by atoms with Gasteiger partial charge in [-0.1, -0.05) is 50.1 Å². The zero-order valence-corrected chi connectivity index (χ0v) is 13.7. The van der Waals surface area contributed by atoms with Gasteiger partial charge in [0.1, 0.15) is 0 Å². The minimum atomic E-state index is -4.12. The van der Waals surface area contributed by atoms with Gasteiger partial charge in [-0.15, -0.1) is 0 Å². The van der Waals surface area contributed by atoms with Crippen LogP contribution in [0.4, 0.5) is 13.2 Å². The van der Waals surface area contributed by atoms with Crippen molar-refractivity contribution in [3.8, 4) is 0 Å². The van der Waals surface area contributed by atoms with E-state index in [-0.39, 0.29) is 11.8 Å². The Balaban J connectivity index is 2.29. The third kappa shape index (κ3) is 3.49. The van der Waals surface area contributed by atoms with Crippen molar-refractivity contribution in [3.63, 3.8) is 0 Å². The van der Waals surface area contributed by atoms with Crippen molar-refractivity contribution < 1.29 is 13.2 Å². The summed E-state index contributed by atoms with van der Waals surface area (Å²) in [4.78, 5) is 0. The molecule has 2 aliphatic rings. The number of allylic oxidation sites excluding steroid dienone is 6. The van der Waals surface area contributed by atoms with Gasteiger partial charge in [0.15, 0.2) is 0 Å². The fourth-order valence-corrected chi connectivity index (χ4v) is 4.02. The SMILES string of the molecule is CCCC(CC)(C1=CCC(C(F)(F)F)C=C1)C1=CCCCC1. The van der Waals surface area contributed by atoms with E-state index in [1.807, 2.05) is 6.08 Å². The summed E-state index contributed by atoms with van der Waals surface area (Å²) < 4.78 is 38.6. The summed E-state index contributed by atoms with van der Waals surface area (Å²) in [5, 5.41) is 0. The monoisotopic (exact) mass is 312 g/mol. The molecule has 0 fully saturated rings. The highest BCUT2D eigenvalue weighted by Gasteiger charge is 2.41. The molecule has 2 unspecified atom stereocenters. The molecule has 0 N–H and O–H groups in total. The predicted molar refractivity (Wildman–Crippen MR) is 85.6 cm³/mol. The summed E-state index contributed by atoms with van der Waals surface area (Å²) >= 11 is 0. The van der Waals surface area contributed by atoms with Crippen LogP contribution >= 0.6 is 0 Å². The van der Waals surface area contributed by atoms with Crippen LogP contribution in [0.5, 0.6) is 0 Å². The first kappa shape index (κ1) is 17.4. The zero-order chi connectivity index (χ0) is 16.2. The van der Waals surface area contributed by atoms with Crippen LogP contribution in [0.2, 0.25) is 0 Å². The number of halogens is 3. The maximum absolute atomic E-state index is 12.9. The molecular weight excluding hydrogens is 285 g/mol. The van der Waals surface area contributed by atoms with Crippen LogP contribution in [-0.4, -0.2) is 6.18 Å². The van der Waals surface area contributed by atoms with E-state index in [0.29, 0.717) is 0 Å². The molecule has 0 amide bonds. The predicted octanol–water partition coefficient (Wildman–Crippen LogP) is 6.75. The van der Waals surface area contributed by atoms with E-state index in [9.17, 15) is 13.2 Å². The number of hydrogen-bond acceptors (Lipinski definition) is 0. The second-order valence-electron chi connectivity index (χ2n) is 6.56. The molecule has 0 nitrogen and oxygen atoms in total. The Morgan fingerprint density at radius 3 is 2.36 bits per heavy atom. The normalized spacial score (nSPS) is 25.4. The minimum Gasteiger partial charge on any atom is -0.170 e. The molecule has 0 aliphatic heterocycles. The molecule has 0 heterocycles. The molecule has 0 aromatic carbocycles. The lowest BCUT2D eigenvalue weighted by molar-refractivity contribution is -0.160. The third-order valence-corrected chi connectivity index (χ3v) is 5.26. The Morgan fingerprint density at radius 2 is 1.91 bits per heavy atom. The summed E-state index contributed by atoms with van der Waals surface area (Å²) in [5.74, 6) is -1.31. The van der Waals surface area contributed by atoms with Crippen molar-refractivity contribution >= 4 is 0 Å². The highest BCUT2D eigenvalue weighted by atomic mass is 19.4. The molecule has 124 valence electrons. The third-order valence-electron chi connectivity index (χ3n) is 5.26. The van der Waals surface area contributed by atoms with E-state index in [0.717, 1.165) is 37.7 Å². The molecule has 2 rings (SSSR count). The second kappa shape index (κ2) is 7.06. The van der Waals surface area contributed by atoms with Crippen molar-refractivity contribution in [2.24, 2.45) is 11.3 Å². The number of rotatable bonds is 5. The van der Waals surface area contributed by atoms with Crippen LogP contribution in [0, 0.1) is 11.3 Å². The molecular formula is C19H27F3. The van der Waals surface area contributed by atoms with E-state index in [1.165, 1.54) is 24.5 Å². The van der Waals surface area contributed by atoms with Crippen LogP contribution < -0.4 is 0 Å². The fraction of sp³-hybridized carbons (Fsp3) is 0.684. The zero-order valence-electron chi connectivity index (χ0n) is 13.7. The van der Waals surface area contributed by atoms with Crippen molar-refractivity contribution in [1.29, 1.82) is 0 Å². The topological polar surface area (TPSA) is 0 Å². The summed E-state index contributed by atoms with van der Waals surface area (Å²) in [6.07, 6.45) is 11.0. The highest BCUT2D eigenvalue weighted by molar-refractivity contribution is 5.39. The van der Waals surface area contributed by atoms with Crippen molar-refractivity contribution in [2.75, 3.05) is 0 Å². The minimum absolute atomic E-state index is 0.0394. The van der Waals surface area contributed by atoms with Gasteiger partial charge in [0.25, 0.3) is 0 Å². The van der Waals surface area contributed by atoms with Crippen LogP contribution in [0.1, 0.15) is 65.2 Å². The Bertz CT molecular complexity index is 468. The lowest BCUT2D eigenvalue weighted by atomic mass is 9.64. The molecule has 0 bridgehead atoms. The largest absolute Gasteiger partial charge is 0.395 e. The highest BCUT2D eigenvalue weighted by Crippen LogP contribution is 2.49. The van der Waals surface area contributed by atoms with Gasteiger partial charge in [-0.3, -0.25) is 0 Å². The van der Waals surface area contributed by atoms with Gasteiger partial charge in [-0.2, -0.15) is 13.2 Å². The van der Waals surface area contributed by atoms with Crippen molar-refractivity contribution in [3.05, 3.63) is 35.5 Å². The molecule has 0 aromatic rings. The van der Waals surface area contributed by atoms with Crippen LogP contribution in [0.3, 0.4) is 0 Å². The summed E-state index contributed by atoms with van der Waals surface area (Å²) in [6, 6.07) is 0. The first-order chi connectivity index (χ1) is 10.4. The van der Waals surface area contributed by atoms with Crippen molar-refractivity contribution in [1.82, 2.24) is 0 Å². The van der Waals surface area contributed by atoms with Gasteiger partial charge >= 0.3 is 6.18 Å². The van der Waals surface area contributed by atoms with Crippen LogP contribution in [-0.2, 0) is 0 Å². The summed E-state index contributed by atoms with van der Waals surface area (Å²) in [6.45, 7) is 4.34. The van der Waals surface area contributed by atoms with Gasteiger partial charge in [0.05, 0.1) is 5.92 Å². The molecule has 2 atom stereocenters. The molecule has 0 saturated carbocycles. The second-order valence-corrected chi connectivity index (χ2v) is 6.56. The first-order valence-electron chi connectivity index (χ1n) is 8.59. The average molecular weight is 312 g/mol. The number of alkyl halides is 3. The Kier molecular flexibility index (Phi) is 5.57. The van der Waals surface area contributed by atoms with Gasteiger partial charge in [0, 0.05) is 5.41 Å². The smallest absolute Gasteiger partial charge is 0.170 e. The molecule has 0 radical (unpaired) electrons. The Hall–Kier alpha value is -0.990. The standard InChI is InChI=1S/C19H27F3/c1-3-14-18(4-2,15-8-6-5-7-9-15)16-10-12-17(13-11-16)19(20,21)22/h8,10-12,17H,3-7,9,13-14H2,1-2H3. The van der Waals surface area contributed by atoms with E-state index < -0.39 is 12.1 Å². The average Bonchev–Trinajstić information content (AvgIpc) is 2.53. The number of hydrogen-bond donors (Lipinski definition) is 0. The van der Waals surface area contributed by atoms with Gasteiger partial charge in [0.2, 0.25) is 0 Å². The van der Waals surface area contributed by atoms with Gasteiger partial charge < -0.3 is 0 Å². The molecule has 3 heteroatoms. The molecule has 2 aliphatic carbocycles. The lowest BCUT2D eigenvalue weighted by Gasteiger charge is -2.40. The van der Waals surface area contributed by atoms with Crippen LogP contribution in [0.15, 0.2) is 35.5 Å². The maximum atomic E-state index is 12.9. The van der Waals surface area contributed by atoms with Gasteiger partial charge in [-0.25, -0.2) is 0 Å². The lowest BCUT2D eigenvalue weighted by Crippen LogP contribution is -2.29. The van der Waals surface area contributed by atoms with E-state index >= 15 is 0 Å². The Labute approximate surface area is 132 Å². The maximum Gasteiger partial charge on any atom is 0.395 e. The quantitative estimate of drug-likeness (QED) is 0.493. The van der Waals surface area contributed by atoms with E-state index in [1.54, 1.807) is 6.08 Å². The summed E-state index contributed by atoms with van der Waals surface area (Å²) in [5.41, 5.74) is 2.54. The van der Waals surface area contributed by atoms with E-state index in [2.05, 4.69) is 19.9 Å². The molecule has 22 heavy (non-hydrogen) atoms. The summed E-state index contributed by atoms with van der Waals surface area (Å²) in [7, 11) is 0. The van der Waals surface area contributed by atoms with Crippen LogP contribution in [0.25, 0.3) is 0 Å². The fourth-order valence-electron chi connectivity index (χ4n) is 4.02. The molecule has 0 spiro atoms. The van der Waals surface area contributed by atoms with Crippen molar-refractivity contribution in [2.45, 2.75) is 71.4 Å². The van der Waals surface area contributed by atoms with E-state index in [4.69, 9.17) is 0 Å². The molecule has 0 aromatic heterocycles. The molecule has 0 saturated heterocycles. The Morgan fingerprint density at radius 1 is 1.14 bits per heavy atom. The van der Waals surface area contributed by atoms with Gasteiger partial charge in [-0.05, 0) is 50.5 Å². The first-order valence-corrected chi connectivity index (χ1v) is 8.59.